The van der Waals surface area contributed by atoms with Gasteiger partial charge in [-0.2, -0.15) is 0 Å². The molecular weight excluding hydrogens is 251 g/mol. The molecule has 0 spiro atoms. The van der Waals surface area contributed by atoms with Gasteiger partial charge in [-0.1, -0.05) is 18.6 Å². The summed E-state index contributed by atoms with van der Waals surface area (Å²) < 4.78 is 22.7. The lowest BCUT2D eigenvalue weighted by molar-refractivity contribution is 0.150. The molecule has 1 aromatic carbocycles. The summed E-state index contributed by atoms with van der Waals surface area (Å²) in [6.45, 7) is 0. The van der Waals surface area contributed by atoms with E-state index in [9.17, 15) is 9.19 Å². The largest absolute Gasteiger partial charge is 0.497 e. The van der Waals surface area contributed by atoms with Crippen LogP contribution < -0.4 is 0 Å². The summed E-state index contributed by atoms with van der Waals surface area (Å²) in [7, 11) is 0.0771. The molecule has 0 bridgehead atoms. The predicted molar refractivity (Wildman–Crippen MR) is 70.8 cm³/mol. The second kappa shape index (κ2) is 7.63. The van der Waals surface area contributed by atoms with Crippen LogP contribution in [0.4, 0.5) is 4.39 Å². The van der Waals surface area contributed by atoms with Gasteiger partial charge in [0.05, 0.1) is 0 Å². The fraction of sp³-hybridized carbons (Fsp3) is 0.538. The van der Waals surface area contributed by atoms with E-state index in [1.165, 1.54) is 26.4 Å². The minimum atomic E-state index is -2.88. The van der Waals surface area contributed by atoms with Crippen LogP contribution in [0.3, 0.4) is 0 Å². The lowest BCUT2D eigenvalue weighted by Gasteiger charge is -2.19. The Morgan fingerprint density at radius 2 is 1.67 bits per heavy atom. The molecule has 0 aromatic heterocycles. The monoisotopic (exact) mass is 272 g/mol. The molecule has 3 nitrogen and oxygen atoms in total. The first-order chi connectivity index (χ1) is 8.59. The maximum atomic E-state index is 12.7. The van der Waals surface area contributed by atoms with Crippen molar-refractivity contribution in [2.75, 3.05) is 14.2 Å². The lowest BCUT2D eigenvalue weighted by atomic mass is 10.1. The highest BCUT2D eigenvalue weighted by molar-refractivity contribution is 6.59. The van der Waals surface area contributed by atoms with Crippen LogP contribution in [0, 0.1) is 5.82 Å². The third kappa shape index (κ3) is 5.26. The molecule has 0 saturated heterocycles. The van der Waals surface area contributed by atoms with Crippen LogP contribution in [0.5, 0.6) is 0 Å². The lowest BCUT2D eigenvalue weighted by Crippen LogP contribution is -2.39. The number of unbranched alkanes of at least 4 members (excludes halogenated alkanes) is 2. The number of hydrogen-bond donors (Lipinski definition) is 1. The molecule has 0 heterocycles. The molecular formula is C13H21FO3Si. The van der Waals surface area contributed by atoms with Gasteiger partial charge >= 0.3 is 8.80 Å². The van der Waals surface area contributed by atoms with Gasteiger partial charge in [0.1, 0.15) is 5.82 Å². The van der Waals surface area contributed by atoms with E-state index >= 15 is 0 Å². The van der Waals surface area contributed by atoms with E-state index in [1.807, 2.05) is 12.1 Å². The smallest absolute Gasteiger partial charge is 0.390 e. The van der Waals surface area contributed by atoms with Gasteiger partial charge in [-0.05, 0) is 37.0 Å². The summed E-state index contributed by atoms with van der Waals surface area (Å²) in [5, 5.41) is 0. The number of hydrogen-bond acceptors (Lipinski definition) is 3. The van der Waals surface area contributed by atoms with Crippen molar-refractivity contribution in [1.29, 1.82) is 0 Å². The normalized spacial score (nSPS) is 11.8. The molecule has 0 unspecified atom stereocenters. The van der Waals surface area contributed by atoms with Gasteiger partial charge in [0, 0.05) is 20.3 Å². The zero-order chi connectivity index (χ0) is 13.4. The second-order valence-electron chi connectivity index (χ2n) is 4.31. The Balaban J connectivity index is 2.17. The number of aryl methyl sites for hydroxylation is 1. The standard InChI is InChI=1S/C13H21FO3Si/c1-16-18(15,17-2)11-5-3-4-6-12-7-9-13(14)10-8-12/h7-10,15H,3-6,11H2,1-2H3. The van der Waals surface area contributed by atoms with Crippen molar-refractivity contribution in [3.8, 4) is 0 Å². The highest BCUT2D eigenvalue weighted by atomic mass is 28.4. The van der Waals surface area contributed by atoms with Crippen LogP contribution in [0.25, 0.3) is 0 Å². The minimum Gasteiger partial charge on any atom is -0.390 e. The Morgan fingerprint density at radius 3 is 2.22 bits per heavy atom. The zero-order valence-electron chi connectivity index (χ0n) is 11.0. The summed E-state index contributed by atoms with van der Waals surface area (Å²) in [6.07, 6.45) is 3.83. The van der Waals surface area contributed by atoms with Crippen LogP contribution in [0.15, 0.2) is 24.3 Å². The van der Waals surface area contributed by atoms with E-state index in [0.29, 0.717) is 6.04 Å². The molecule has 0 aliphatic rings. The van der Waals surface area contributed by atoms with Gasteiger partial charge in [0.15, 0.2) is 0 Å². The second-order valence-corrected chi connectivity index (χ2v) is 7.05. The number of rotatable bonds is 8. The predicted octanol–water partition coefficient (Wildman–Crippen LogP) is 2.76. The van der Waals surface area contributed by atoms with E-state index in [2.05, 4.69) is 0 Å². The van der Waals surface area contributed by atoms with Crippen LogP contribution in [0.1, 0.15) is 24.8 Å². The van der Waals surface area contributed by atoms with Crippen molar-refractivity contribution in [3.63, 3.8) is 0 Å². The number of halogens is 1. The molecule has 0 radical (unpaired) electrons. The van der Waals surface area contributed by atoms with Crippen molar-refractivity contribution in [2.45, 2.75) is 31.7 Å². The fourth-order valence-corrected chi connectivity index (χ4v) is 3.06. The van der Waals surface area contributed by atoms with Crippen molar-refractivity contribution < 1.29 is 18.0 Å². The van der Waals surface area contributed by atoms with Crippen molar-refractivity contribution in [2.24, 2.45) is 0 Å². The molecule has 0 fully saturated rings. The van der Waals surface area contributed by atoms with E-state index in [1.54, 1.807) is 0 Å². The van der Waals surface area contributed by atoms with Crippen molar-refractivity contribution >= 4 is 8.80 Å². The van der Waals surface area contributed by atoms with Crippen LogP contribution in [-0.2, 0) is 15.3 Å². The summed E-state index contributed by atoms with van der Waals surface area (Å²) >= 11 is 0. The van der Waals surface area contributed by atoms with Crippen molar-refractivity contribution in [3.05, 3.63) is 35.6 Å². The maximum Gasteiger partial charge on any atom is 0.497 e. The first-order valence-electron chi connectivity index (χ1n) is 6.17. The average molecular weight is 272 g/mol. The Bertz CT molecular complexity index is 339. The maximum absolute atomic E-state index is 12.7. The molecule has 0 aliphatic heterocycles. The summed E-state index contributed by atoms with van der Waals surface area (Å²) in [6, 6.07) is 7.17. The number of benzene rings is 1. The molecule has 1 aromatic rings. The summed E-state index contributed by atoms with van der Waals surface area (Å²) in [5.74, 6) is -0.199. The topological polar surface area (TPSA) is 38.7 Å². The van der Waals surface area contributed by atoms with Gasteiger partial charge in [0.2, 0.25) is 0 Å². The third-order valence-corrected chi connectivity index (χ3v) is 5.27. The van der Waals surface area contributed by atoms with Gasteiger partial charge in [0.25, 0.3) is 0 Å². The van der Waals surface area contributed by atoms with Crippen LogP contribution in [0.2, 0.25) is 6.04 Å². The van der Waals surface area contributed by atoms with E-state index in [-0.39, 0.29) is 5.82 Å². The average Bonchev–Trinajstić information content (AvgIpc) is 2.40. The molecule has 18 heavy (non-hydrogen) atoms. The van der Waals surface area contributed by atoms with E-state index in [0.717, 1.165) is 31.2 Å². The summed E-state index contributed by atoms with van der Waals surface area (Å²) in [5.41, 5.74) is 1.14. The molecule has 102 valence electrons. The Labute approximate surface area is 109 Å². The molecule has 0 atom stereocenters. The Kier molecular flexibility index (Phi) is 6.49. The first kappa shape index (κ1) is 15.3. The quantitative estimate of drug-likeness (QED) is 0.584. The van der Waals surface area contributed by atoms with Gasteiger partial charge in [-0.15, -0.1) is 0 Å². The van der Waals surface area contributed by atoms with Crippen molar-refractivity contribution in [1.82, 2.24) is 0 Å². The summed E-state index contributed by atoms with van der Waals surface area (Å²) in [4.78, 5) is 9.83. The zero-order valence-corrected chi connectivity index (χ0v) is 12.0. The van der Waals surface area contributed by atoms with E-state index in [4.69, 9.17) is 8.85 Å². The third-order valence-electron chi connectivity index (χ3n) is 3.01. The van der Waals surface area contributed by atoms with Gasteiger partial charge < -0.3 is 13.6 Å². The SMILES string of the molecule is CO[Si](O)(CCCCCc1ccc(F)cc1)OC. The Hall–Kier alpha value is -0.753. The molecule has 0 saturated carbocycles. The molecule has 1 N–H and O–H groups in total. The van der Waals surface area contributed by atoms with Gasteiger partial charge in [-0.25, -0.2) is 4.39 Å². The van der Waals surface area contributed by atoms with Crippen LogP contribution >= 0.6 is 0 Å². The molecule has 1 rings (SSSR count). The molecule has 0 amide bonds. The van der Waals surface area contributed by atoms with Crippen LogP contribution in [-0.4, -0.2) is 27.8 Å². The Morgan fingerprint density at radius 1 is 1.06 bits per heavy atom. The highest BCUT2D eigenvalue weighted by Crippen LogP contribution is 2.15. The van der Waals surface area contributed by atoms with Gasteiger partial charge in [-0.3, -0.25) is 0 Å². The van der Waals surface area contributed by atoms with E-state index < -0.39 is 8.80 Å². The fourth-order valence-electron chi connectivity index (χ4n) is 1.79. The minimum absolute atomic E-state index is 0.199. The first-order valence-corrected chi connectivity index (χ1v) is 8.14. The molecule has 5 heteroatoms. The highest BCUT2D eigenvalue weighted by Gasteiger charge is 2.33. The molecule has 0 aliphatic carbocycles.